The summed E-state index contributed by atoms with van der Waals surface area (Å²) in [5.41, 5.74) is 4.54. The van der Waals surface area contributed by atoms with Crippen molar-refractivity contribution in [3.05, 3.63) is 71.8 Å². The lowest BCUT2D eigenvalue weighted by molar-refractivity contribution is 0.684. The van der Waals surface area contributed by atoms with Crippen molar-refractivity contribution in [3.8, 4) is 11.3 Å². The number of hydrogen-bond donors (Lipinski definition) is 2. The zero-order chi connectivity index (χ0) is 18.4. The molecule has 0 saturated heterocycles. The summed E-state index contributed by atoms with van der Waals surface area (Å²) in [7, 11) is 0. The van der Waals surface area contributed by atoms with Crippen LogP contribution in [0.2, 0.25) is 0 Å². The van der Waals surface area contributed by atoms with E-state index in [2.05, 4.69) is 77.8 Å². The van der Waals surface area contributed by atoms with E-state index in [9.17, 15) is 0 Å². The third-order valence-electron chi connectivity index (χ3n) is 4.19. The summed E-state index contributed by atoms with van der Waals surface area (Å²) in [6, 6.07) is 20.6. The summed E-state index contributed by atoms with van der Waals surface area (Å²) in [5.74, 6) is 2.02. The van der Waals surface area contributed by atoms with Gasteiger partial charge in [-0.15, -0.1) is 0 Å². The molecule has 0 unspecified atom stereocenters. The zero-order valence-corrected chi connectivity index (χ0v) is 15.7. The predicted molar refractivity (Wildman–Crippen MR) is 109 cm³/mol. The topological polar surface area (TPSA) is 49.8 Å². The average Bonchev–Trinajstić information content (AvgIpc) is 2.66. The summed E-state index contributed by atoms with van der Waals surface area (Å²) in [6.45, 7) is 8.05. The van der Waals surface area contributed by atoms with Gasteiger partial charge in [-0.05, 0) is 24.0 Å². The van der Waals surface area contributed by atoms with E-state index in [0.29, 0.717) is 11.9 Å². The number of anilines is 2. The van der Waals surface area contributed by atoms with Crippen LogP contribution in [0, 0.1) is 12.8 Å². The zero-order valence-electron chi connectivity index (χ0n) is 15.7. The van der Waals surface area contributed by atoms with E-state index >= 15 is 0 Å². The number of benzene rings is 2. The van der Waals surface area contributed by atoms with Gasteiger partial charge in [-0.25, -0.2) is 4.98 Å². The van der Waals surface area contributed by atoms with E-state index < -0.39 is 0 Å². The van der Waals surface area contributed by atoms with Crippen LogP contribution in [-0.4, -0.2) is 16.5 Å². The Bertz CT molecular complexity index is 844. The highest BCUT2D eigenvalue weighted by Crippen LogP contribution is 2.22. The normalized spacial score (nSPS) is 10.8. The van der Waals surface area contributed by atoms with E-state index in [0.717, 1.165) is 30.2 Å². The van der Waals surface area contributed by atoms with Gasteiger partial charge in [0.15, 0.2) is 0 Å². The van der Waals surface area contributed by atoms with E-state index in [4.69, 9.17) is 0 Å². The Morgan fingerprint density at radius 2 is 1.62 bits per heavy atom. The Morgan fingerprint density at radius 1 is 0.885 bits per heavy atom. The van der Waals surface area contributed by atoms with Gasteiger partial charge in [0.05, 0.1) is 5.69 Å². The third kappa shape index (κ3) is 4.82. The molecule has 3 rings (SSSR count). The third-order valence-corrected chi connectivity index (χ3v) is 4.19. The number of nitrogens with zero attached hydrogens (tertiary/aromatic N) is 2. The lowest BCUT2D eigenvalue weighted by atomic mass is 10.1. The molecule has 0 aliphatic rings. The van der Waals surface area contributed by atoms with Gasteiger partial charge in [-0.3, -0.25) is 0 Å². The molecule has 0 fully saturated rings. The molecular formula is C22H26N4. The van der Waals surface area contributed by atoms with Gasteiger partial charge in [0, 0.05) is 24.7 Å². The van der Waals surface area contributed by atoms with Gasteiger partial charge < -0.3 is 10.6 Å². The summed E-state index contributed by atoms with van der Waals surface area (Å²) >= 11 is 0. The molecule has 0 spiro atoms. The monoisotopic (exact) mass is 346 g/mol. The molecule has 0 aliphatic heterocycles. The second-order valence-corrected chi connectivity index (χ2v) is 6.88. The fourth-order valence-corrected chi connectivity index (χ4v) is 2.66. The maximum atomic E-state index is 4.69. The minimum absolute atomic E-state index is 0.530. The Hall–Kier alpha value is -2.88. The van der Waals surface area contributed by atoms with Crippen LogP contribution in [0.1, 0.15) is 25.0 Å². The summed E-state index contributed by atoms with van der Waals surface area (Å²) in [5, 5.41) is 6.79. The Labute approximate surface area is 155 Å². The largest absolute Gasteiger partial charge is 0.366 e. The van der Waals surface area contributed by atoms with Gasteiger partial charge in [0.1, 0.15) is 5.82 Å². The highest BCUT2D eigenvalue weighted by atomic mass is 15.1. The molecule has 4 heteroatoms. The first-order valence-electron chi connectivity index (χ1n) is 9.08. The van der Waals surface area contributed by atoms with Gasteiger partial charge in [-0.1, -0.05) is 68.4 Å². The molecule has 0 bridgehead atoms. The molecule has 0 saturated carbocycles. The highest BCUT2D eigenvalue weighted by molar-refractivity contribution is 5.64. The van der Waals surface area contributed by atoms with Crippen molar-refractivity contribution in [2.24, 2.45) is 5.92 Å². The SMILES string of the molecule is Cc1ccccc1CNc1cc(-c2ccccc2)nc(NCC(C)C)n1. The van der Waals surface area contributed by atoms with Crippen molar-refractivity contribution in [3.63, 3.8) is 0 Å². The summed E-state index contributed by atoms with van der Waals surface area (Å²) in [6.07, 6.45) is 0. The number of aromatic nitrogens is 2. The Morgan fingerprint density at radius 3 is 2.35 bits per heavy atom. The van der Waals surface area contributed by atoms with Crippen LogP contribution >= 0.6 is 0 Å². The van der Waals surface area contributed by atoms with Crippen molar-refractivity contribution in [2.45, 2.75) is 27.3 Å². The van der Waals surface area contributed by atoms with E-state index in [1.165, 1.54) is 11.1 Å². The Balaban J connectivity index is 1.85. The van der Waals surface area contributed by atoms with Crippen molar-refractivity contribution in [1.29, 1.82) is 0 Å². The molecule has 4 nitrogen and oxygen atoms in total. The van der Waals surface area contributed by atoms with Gasteiger partial charge in [0.25, 0.3) is 0 Å². The lowest BCUT2D eigenvalue weighted by Gasteiger charge is -2.13. The molecular weight excluding hydrogens is 320 g/mol. The average molecular weight is 346 g/mol. The summed E-state index contributed by atoms with van der Waals surface area (Å²) in [4.78, 5) is 9.33. The van der Waals surface area contributed by atoms with Crippen molar-refractivity contribution < 1.29 is 0 Å². The van der Waals surface area contributed by atoms with Crippen LogP contribution in [0.15, 0.2) is 60.7 Å². The summed E-state index contributed by atoms with van der Waals surface area (Å²) < 4.78 is 0. The van der Waals surface area contributed by atoms with Crippen LogP contribution in [0.25, 0.3) is 11.3 Å². The fraction of sp³-hybridized carbons (Fsp3) is 0.273. The lowest BCUT2D eigenvalue weighted by Crippen LogP contribution is -2.12. The molecule has 134 valence electrons. The van der Waals surface area contributed by atoms with Crippen LogP contribution < -0.4 is 10.6 Å². The quantitative estimate of drug-likeness (QED) is 0.622. The number of nitrogens with one attached hydrogen (secondary N) is 2. The highest BCUT2D eigenvalue weighted by Gasteiger charge is 2.08. The minimum Gasteiger partial charge on any atom is -0.366 e. The molecule has 3 aromatic rings. The molecule has 2 N–H and O–H groups in total. The molecule has 26 heavy (non-hydrogen) atoms. The van der Waals surface area contributed by atoms with Crippen molar-refractivity contribution in [1.82, 2.24) is 9.97 Å². The first-order chi connectivity index (χ1) is 12.6. The Kier molecular flexibility index (Phi) is 5.84. The van der Waals surface area contributed by atoms with Gasteiger partial charge >= 0.3 is 0 Å². The fourth-order valence-electron chi connectivity index (χ4n) is 2.66. The number of aryl methyl sites for hydroxylation is 1. The van der Waals surface area contributed by atoms with Crippen LogP contribution in [0.4, 0.5) is 11.8 Å². The van der Waals surface area contributed by atoms with Crippen LogP contribution in [0.3, 0.4) is 0 Å². The smallest absolute Gasteiger partial charge is 0.225 e. The van der Waals surface area contributed by atoms with E-state index in [1.807, 2.05) is 24.3 Å². The second-order valence-electron chi connectivity index (χ2n) is 6.88. The molecule has 0 atom stereocenters. The molecule has 0 amide bonds. The number of hydrogen-bond acceptors (Lipinski definition) is 4. The molecule has 1 heterocycles. The van der Waals surface area contributed by atoms with Gasteiger partial charge in [0.2, 0.25) is 5.95 Å². The molecule has 0 radical (unpaired) electrons. The first-order valence-corrected chi connectivity index (χ1v) is 9.08. The van der Waals surface area contributed by atoms with Crippen molar-refractivity contribution in [2.75, 3.05) is 17.2 Å². The molecule has 2 aromatic carbocycles. The van der Waals surface area contributed by atoms with Gasteiger partial charge in [-0.2, -0.15) is 4.98 Å². The van der Waals surface area contributed by atoms with E-state index in [1.54, 1.807) is 0 Å². The maximum absolute atomic E-state index is 4.69. The van der Waals surface area contributed by atoms with Crippen LogP contribution in [0.5, 0.6) is 0 Å². The second kappa shape index (κ2) is 8.48. The number of rotatable bonds is 7. The minimum atomic E-state index is 0.530. The van der Waals surface area contributed by atoms with E-state index in [-0.39, 0.29) is 0 Å². The van der Waals surface area contributed by atoms with Crippen molar-refractivity contribution >= 4 is 11.8 Å². The van der Waals surface area contributed by atoms with Crippen LogP contribution in [-0.2, 0) is 6.54 Å². The molecule has 0 aliphatic carbocycles. The maximum Gasteiger partial charge on any atom is 0.225 e. The predicted octanol–water partition coefficient (Wildman–Crippen LogP) is 5.13. The molecule has 1 aromatic heterocycles. The first kappa shape index (κ1) is 17.9. The standard InChI is InChI=1S/C22H26N4/c1-16(2)14-24-22-25-20(18-10-5-4-6-11-18)13-21(26-22)23-15-19-12-8-7-9-17(19)3/h4-13,16H,14-15H2,1-3H3,(H2,23,24,25,26).